The maximum Gasteiger partial charge on any atom is 0.304 e. The second-order valence-corrected chi connectivity index (χ2v) is 5.45. The molecule has 3 heterocycles. The van der Waals surface area contributed by atoms with Gasteiger partial charge in [0.05, 0.1) is 0 Å². The van der Waals surface area contributed by atoms with Crippen molar-refractivity contribution in [3.05, 3.63) is 35.9 Å². The van der Waals surface area contributed by atoms with Gasteiger partial charge in [-0.3, -0.25) is 9.69 Å². The summed E-state index contributed by atoms with van der Waals surface area (Å²) >= 11 is 0. The molecule has 1 aromatic carbocycles. The minimum absolute atomic E-state index is 0.0230. The van der Waals surface area contributed by atoms with Gasteiger partial charge in [0, 0.05) is 31.8 Å². The monoisotopic (exact) mass is 245 g/mol. The zero-order valence-corrected chi connectivity index (χ0v) is 10.8. The molecule has 4 rings (SSSR count). The van der Waals surface area contributed by atoms with Gasteiger partial charge in [-0.2, -0.15) is 0 Å². The summed E-state index contributed by atoms with van der Waals surface area (Å²) in [6.07, 6.45) is 3.27. The van der Waals surface area contributed by atoms with Gasteiger partial charge < -0.3 is 4.74 Å². The van der Waals surface area contributed by atoms with E-state index in [4.69, 9.17) is 4.74 Å². The summed E-state index contributed by atoms with van der Waals surface area (Å²) in [5.41, 5.74) is 1.62. The Bertz CT molecular complexity index is 435. The molecule has 3 heteroatoms. The Hall–Kier alpha value is -1.35. The van der Waals surface area contributed by atoms with Gasteiger partial charge in [-0.05, 0) is 18.4 Å². The summed E-state index contributed by atoms with van der Waals surface area (Å²) in [7, 11) is 0. The van der Waals surface area contributed by atoms with E-state index >= 15 is 0 Å². The Kier molecular flexibility index (Phi) is 2.86. The summed E-state index contributed by atoms with van der Waals surface area (Å²) in [6, 6.07) is 10.7. The molecule has 3 fully saturated rings. The Balaban J connectivity index is 1.86. The molecule has 0 radical (unpaired) electrons. The number of fused-ring (bicyclic) bond motifs is 3. The summed E-state index contributed by atoms with van der Waals surface area (Å²) in [5.74, 6) is -0.171. The van der Waals surface area contributed by atoms with E-state index in [0.29, 0.717) is 0 Å². The number of benzene rings is 1. The van der Waals surface area contributed by atoms with Crippen molar-refractivity contribution in [2.45, 2.75) is 37.8 Å². The quantitative estimate of drug-likeness (QED) is 0.749. The van der Waals surface area contributed by atoms with E-state index in [2.05, 4.69) is 35.2 Å². The fourth-order valence-electron chi connectivity index (χ4n) is 3.41. The Labute approximate surface area is 108 Å². The summed E-state index contributed by atoms with van der Waals surface area (Å²) in [4.78, 5) is 13.5. The van der Waals surface area contributed by atoms with Gasteiger partial charge in [0.15, 0.2) is 6.23 Å². The number of esters is 1. The topological polar surface area (TPSA) is 29.5 Å². The van der Waals surface area contributed by atoms with E-state index in [1.807, 2.05) is 0 Å². The van der Waals surface area contributed by atoms with Gasteiger partial charge in [-0.15, -0.1) is 0 Å². The first kappa shape index (κ1) is 11.7. The molecule has 3 nitrogen and oxygen atoms in total. The fourth-order valence-corrected chi connectivity index (χ4v) is 3.41. The first-order valence-corrected chi connectivity index (χ1v) is 6.66. The lowest BCUT2D eigenvalue weighted by Gasteiger charge is -2.52. The molecule has 0 spiro atoms. The fraction of sp³-hybridized carbons (Fsp3) is 0.533. The molecular weight excluding hydrogens is 226 g/mol. The SMILES string of the molecule is CC(=O)OC1CC2(c3ccccc3)CCN1CC2. The minimum atomic E-state index is -0.171. The van der Waals surface area contributed by atoms with Crippen molar-refractivity contribution in [3.8, 4) is 0 Å². The smallest absolute Gasteiger partial charge is 0.304 e. The number of ether oxygens (including phenoxy) is 1. The van der Waals surface area contributed by atoms with E-state index in [9.17, 15) is 4.79 Å². The van der Waals surface area contributed by atoms with Crippen LogP contribution in [0.25, 0.3) is 0 Å². The van der Waals surface area contributed by atoms with Crippen LogP contribution in [0.4, 0.5) is 0 Å². The van der Waals surface area contributed by atoms with Crippen LogP contribution < -0.4 is 0 Å². The highest BCUT2D eigenvalue weighted by atomic mass is 16.6. The number of piperidine rings is 3. The highest BCUT2D eigenvalue weighted by Gasteiger charge is 2.46. The van der Waals surface area contributed by atoms with Gasteiger partial charge in [0.25, 0.3) is 0 Å². The van der Waals surface area contributed by atoms with Crippen molar-refractivity contribution >= 4 is 5.97 Å². The minimum Gasteiger partial charge on any atom is -0.446 e. The van der Waals surface area contributed by atoms with Crippen LogP contribution in [-0.2, 0) is 14.9 Å². The third-order valence-corrected chi connectivity index (χ3v) is 4.42. The molecule has 3 saturated heterocycles. The van der Waals surface area contributed by atoms with Gasteiger partial charge in [0.1, 0.15) is 0 Å². The molecule has 0 saturated carbocycles. The van der Waals surface area contributed by atoms with Crippen molar-refractivity contribution < 1.29 is 9.53 Å². The molecule has 0 N–H and O–H groups in total. The third kappa shape index (κ3) is 1.93. The van der Waals surface area contributed by atoms with Crippen molar-refractivity contribution in [1.29, 1.82) is 0 Å². The zero-order valence-electron chi connectivity index (χ0n) is 10.8. The maximum absolute atomic E-state index is 11.2. The molecule has 0 aliphatic carbocycles. The number of carbonyl (C=O) groups is 1. The molecule has 1 aromatic rings. The van der Waals surface area contributed by atoms with Crippen LogP contribution in [-0.4, -0.2) is 30.2 Å². The zero-order chi connectivity index (χ0) is 12.6. The first-order chi connectivity index (χ1) is 8.70. The van der Waals surface area contributed by atoms with E-state index in [1.54, 1.807) is 0 Å². The lowest BCUT2D eigenvalue weighted by atomic mass is 9.67. The van der Waals surface area contributed by atoms with Crippen LogP contribution in [0.5, 0.6) is 0 Å². The predicted molar refractivity (Wildman–Crippen MR) is 69.1 cm³/mol. The average Bonchev–Trinajstić information content (AvgIpc) is 2.40. The molecule has 2 bridgehead atoms. The predicted octanol–water partition coefficient (Wildman–Crippen LogP) is 2.31. The van der Waals surface area contributed by atoms with Crippen LogP contribution in [0, 0.1) is 0 Å². The van der Waals surface area contributed by atoms with Gasteiger partial charge in [0.2, 0.25) is 0 Å². The van der Waals surface area contributed by atoms with Crippen LogP contribution in [0.15, 0.2) is 30.3 Å². The molecule has 3 aliphatic heterocycles. The lowest BCUT2D eigenvalue weighted by Crippen LogP contribution is -2.57. The van der Waals surface area contributed by atoms with Crippen molar-refractivity contribution in [3.63, 3.8) is 0 Å². The highest BCUT2D eigenvalue weighted by molar-refractivity contribution is 5.66. The molecule has 1 unspecified atom stereocenters. The van der Waals surface area contributed by atoms with E-state index in [1.165, 1.54) is 25.3 Å². The van der Waals surface area contributed by atoms with E-state index in [-0.39, 0.29) is 17.6 Å². The summed E-state index contributed by atoms with van der Waals surface area (Å²) in [6.45, 7) is 3.57. The number of nitrogens with zero attached hydrogens (tertiary/aromatic N) is 1. The molecular formula is C15H19NO2. The molecule has 18 heavy (non-hydrogen) atoms. The summed E-state index contributed by atoms with van der Waals surface area (Å²) < 4.78 is 5.46. The Morgan fingerprint density at radius 3 is 2.56 bits per heavy atom. The van der Waals surface area contributed by atoms with Crippen molar-refractivity contribution in [2.75, 3.05) is 13.1 Å². The standard InChI is InChI=1S/C15H19NO2/c1-12(17)18-14-11-15(7-9-16(14)10-8-15)13-5-3-2-4-6-13/h2-6,14H,7-11H2,1H3. The van der Waals surface area contributed by atoms with Crippen molar-refractivity contribution in [1.82, 2.24) is 4.90 Å². The Morgan fingerprint density at radius 2 is 1.94 bits per heavy atom. The van der Waals surface area contributed by atoms with Gasteiger partial charge in [-0.1, -0.05) is 30.3 Å². The maximum atomic E-state index is 11.2. The first-order valence-electron chi connectivity index (χ1n) is 6.66. The number of hydrogen-bond acceptors (Lipinski definition) is 3. The molecule has 1 atom stereocenters. The normalized spacial score (nSPS) is 34.3. The third-order valence-electron chi connectivity index (χ3n) is 4.42. The van der Waals surface area contributed by atoms with Gasteiger partial charge >= 0.3 is 5.97 Å². The van der Waals surface area contributed by atoms with Crippen molar-refractivity contribution in [2.24, 2.45) is 0 Å². The number of rotatable bonds is 2. The Morgan fingerprint density at radius 1 is 1.28 bits per heavy atom. The average molecular weight is 245 g/mol. The van der Waals surface area contributed by atoms with Crippen LogP contribution in [0.1, 0.15) is 31.7 Å². The second kappa shape index (κ2) is 4.39. The van der Waals surface area contributed by atoms with Crippen LogP contribution >= 0.6 is 0 Å². The molecule has 96 valence electrons. The van der Waals surface area contributed by atoms with Gasteiger partial charge in [-0.25, -0.2) is 0 Å². The highest BCUT2D eigenvalue weighted by Crippen LogP contribution is 2.45. The second-order valence-electron chi connectivity index (χ2n) is 5.45. The molecule has 3 aliphatic rings. The van der Waals surface area contributed by atoms with Crippen LogP contribution in [0.2, 0.25) is 0 Å². The molecule has 0 aromatic heterocycles. The van der Waals surface area contributed by atoms with E-state index in [0.717, 1.165) is 19.5 Å². The molecule has 0 amide bonds. The van der Waals surface area contributed by atoms with Crippen LogP contribution in [0.3, 0.4) is 0 Å². The largest absolute Gasteiger partial charge is 0.446 e. The number of hydrogen-bond donors (Lipinski definition) is 0. The lowest BCUT2D eigenvalue weighted by molar-refractivity contribution is -0.170. The summed E-state index contributed by atoms with van der Waals surface area (Å²) in [5, 5.41) is 0. The van der Waals surface area contributed by atoms with E-state index < -0.39 is 0 Å². The number of carbonyl (C=O) groups excluding carboxylic acids is 1.